The highest BCUT2D eigenvalue weighted by molar-refractivity contribution is 8.55. The molecule has 9 atom stereocenters. The number of esters is 2. The van der Waals surface area contributed by atoms with Gasteiger partial charge in [0, 0.05) is 37.3 Å². The third kappa shape index (κ3) is 16.0. The molecule has 3 N–H and O–H groups in total. The predicted octanol–water partition coefficient (Wildman–Crippen LogP) is 11.3. The van der Waals surface area contributed by atoms with E-state index in [0.717, 1.165) is 51.8 Å². The standard InChI is InChI=1S/C59H67N7O16P2S2/c1-4-5-6-7-8-9-10-11-30-74-43-26-20-42(21-27-43)58(69)79-45-22-14-39(15-23-45)34-85-83(71)76-33-48-51(73-3)52(56(80-48)65-29-28-49(67)64-59(65)70)82-84(72,86-35-40-16-24-44(25-17-40)78-57(68)41-18-12-38(2)13-19-41)75-32-46-31-47(81-83)55(77-46)66-37-63-50-53(60)61-36-62-54(50)66/h12-29,36-37,46-48,51-52,55-56H,4-11,30-35H2,1-3H3,(H2,60,61,62)(H,64,67,70)/t46-,47+,48+,51+,52+,55+,56+,83?,84?/m0/s1. The fourth-order valence-corrected chi connectivity index (χ4v) is 16.7. The van der Waals surface area contributed by atoms with Crippen LogP contribution in [0, 0.1) is 6.92 Å². The van der Waals surface area contributed by atoms with Crippen LogP contribution in [-0.4, -0.2) is 98.5 Å². The van der Waals surface area contributed by atoms with Gasteiger partial charge in [0.2, 0.25) is 0 Å². The first-order valence-corrected chi connectivity index (χ1v) is 34.6. The van der Waals surface area contributed by atoms with Gasteiger partial charge in [0.15, 0.2) is 23.9 Å². The van der Waals surface area contributed by atoms with Gasteiger partial charge < -0.3 is 34.2 Å². The summed E-state index contributed by atoms with van der Waals surface area (Å²) in [5, 5.41) is 0. The molecule has 0 aliphatic carbocycles. The maximum absolute atomic E-state index is 15.5. The average molecular weight is 1260 g/mol. The van der Waals surface area contributed by atoms with Crippen molar-refractivity contribution in [1.29, 1.82) is 0 Å². The monoisotopic (exact) mass is 1260 g/mol. The van der Waals surface area contributed by atoms with Crippen molar-refractivity contribution in [1.82, 2.24) is 29.1 Å². The van der Waals surface area contributed by atoms with Gasteiger partial charge in [-0.2, -0.15) is 0 Å². The maximum Gasteiger partial charge on any atom is 0.390 e. The fraction of sp³-hybridized carbons (Fsp3) is 0.407. The lowest BCUT2D eigenvalue weighted by Gasteiger charge is -2.29. The molecular formula is C59H67N7O16P2S2. The molecule has 3 fully saturated rings. The van der Waals surface area contributed by atoms with Crippen molar-refractivity contribution in [3.63, 3.8) is 0 Å². The molecule has 0 spiro atoms. The molecule has 4 aromatic carbocycles. The number of carbonyl (C=O) groups is 2. The van der Waals surface area contributed by atoms with E-state index in [1.54, 1.807) is 89.5 Å². The summed E-state index contributed by atoms with van der Waals surface area (Å²) in [6.07, 6.45) is 5.33. The minimum absolute atomic E-state index is 0.0147. The van der Waals surface area contributed by atoms with Crippen molar-refractivity contribution in [2.45, 2.75) is 126 Å². The third-order valence-electron chi connectivity index (χ3n) is 14.5. The summed E-state index contributed by atoms with van der Waals surface area (Å²) >= 11 is 1.70. The first kappa shape index (κ1) is 62.6. The number of nitrogens with two attached hydrogens (primary N) is 1. The highest BCUT2D eigenvalue weighted by Crippen LogP contribution is 2.67. The number of carbonyl (C=O) groups excluding carboxylic acids is 2. The van der Waals surface area contributed by atoms with E-state index in [1.807, 2.05) is 19.1 Å². The van der Waals surface area contributed by atoms with Crippen LogP contribution in [0.3, 0.4) is 0 Å². The Bertz CT molecular complexity index is 3650. The minimum atomic E-state index is -4.40. The van der Waals surface area contributed by atoms with E-state index in [2.05, 4.69) is 26.9 Å². The van der Waals surface area contributed by atoms with E-state index in [9.17, 15) is 19.2 Å². The number of imidazole rings is 1. The van der Waals surface area contributed by atoms with E-state index in [1.165, 1.54) is 64.5 Å². The van der Waals surface area contributed by atoms with Crippen LogP contribution in [0.2, 0.25) is 0 Å². The van der Waals surface area contributed by atoms with Crippen LogP contribution in [0.15, 0.2) is 132 Å². The number of aromatic nitrogens is 6. The maximum atomic E-state index is 15.5. The zero-order valence-corrected chi connectivity index (χ0v) is 51.0. The molecule has 23 nitrogen and oxygen atoms in total. The molecule has 7 aromatic rings. The van der Waals surface area contributed by atoms with Gasteiger partial charge in [-0.05, 0) is 108 Å². The summed E-state index contributed by atoms with van der Waals surface area (Å²) in [4.78, 5) is 67.0. The molecule has 4 bridgehead atoms. The van der Waals surface area contributed by atoms with Crippen molar-refractivity contribution in [3.05, 3.63) is 171 Å². The molecule has 27 heteroatoms. The molecule has 3 saturated heterocycles. The molecular weight excluding hydrogens is 1190 g/mol. The summed E-state index contributed by atoms with van der Waals surface area (Å²) in [6.45, 7) is -4.88. The van der Waals surface area contributed by atoms with Gasteiger partial charge in [-0.15, -0.1) is 0 Å². The smallest absolute Gasteiger partial charge is 0.390 e. The lowest BCUT2D eigenvalue weighted by Crippen LogP contribution is -2.40. The highest BCUT2D eigenvalue weighted by atomic mass is 32.7. The van der Waals surface area contributed by atoms with Gasteiger partial charge in [-0.25, -0.2) is 38.5 Å². The third-order valence-corrected chi connectivity index (χ3v) is 21.8. The second kappa shape index (κ2) is 29.0. The molecule has 2 unspecified atom stereocenters. The SMILES string of the molecule is CCCCCCCCCCOc1ccc(C(=O)Oc2ccc(CSP3(=O)OC[C@H]4O[C@@H](n5ccc(=O)[nH]c5=O)[C@H](OP(=O)(SCc5ccc(OC(=O)c6ccc(C)cc6)cc5)OC[C@@H]5C[C@@H](O3)[C@H](n3cnc6c(N)ncnc63)O5)[C@@H]4OC)cc2)cc1. The van der Waals surface area contributed by atoms with Crippen molar-refractivity contribution in [3.8, 4) is 17.2 Å². The number of rotatable bonds is 23. The molecule has 0 saturated carbocycles. The lowest BCUT2D eigenvalue weighted by atomic mass is 10.1. The van der Waals surface area contributed by atoms with Crippen LogP contribution in [0.4, 0.5) is 5.82 Å². The summed E-state index contributed by atoms with van der Waals surface area (Å²) in [7, 11) is 1.35. The lowest BCUT2D eigenvalue weighted by molar-refractivity contribution is -0.0610. The van der Waals surface area contributed by atoms with Gasteiger partial charge in [-0.3, -0.25) is 37.0 Å². The zero-order valence-electron chi connectivity index (χ0n) is 47.5. The molecule has 6 heterocycles. The van der Waals surface area contributed by atoms with Crippen LogP contribution in [0.1, 0.15) is 115 Å². The van der Waals surface area contributed by atoms with Crippen LogP contribution >= 0.6 is 36.4 Å². The van der Waals surface area contributed by atoms with E-state index in [0.29, 0.717) is 34.6 Å². The minimum Gasteiger partial charge on any atom is -0.494 e. The Kier molecular flexibility index (Phi) is 21.1. The largest absolute Gasteiger partial charge is 0.494 e. The number of ether oxygens (including phenoxy) is 6. The van der Waals surface area contributed by atoms with Crippen LogP contribution in [0.5, 0.6) is 17.2 Å². The number of aromatic amines is 1. The van der Waals surface area contributed by atoms with Crippen molar-refractivity contribution in [2.24, 2.45) is 0 Å². The summed E-state index contributed by atoms with van der Waals surface area (Å²) in [5.74, 6) is 0.354. The first-order valence-electron chi connectivity index (χ1n) is 28.3. The number of H-pyrrole nitrogens is 1. The van der Waals surface area contributed by atoms with Gasteiger partial charge in [0.25, 0.3) is 5.56 Å². The van der Waals surface area contributed by atoms with Gasteiger partial charge >= 0.3 is 31.2 Å². The van der Waals surface area contributed by atoms with E-state index < -0.39 is 86.4 Å². The number of unbranched alkanes of at least 4 members (excludes halogenated alkanes) is 7. The number of benzene rings is 4. The van der Waals surface area contributed by atoms with Crippen LogP contribution in [0.25, 0.3) is 11.2 Å². The molecule has 3 aliphatic heterocycles. The Balaban J connectivity index is 0.864. The summed E-state index contributed by atoms with van der Waals surface area (Å²) in [6, 6.07) is 28.2. The Morgan fingerprint density at radius 3 is 1.91 bits per heavy atom. The topological polar surface area (TPSA) is 285 Å². The molecule has 10 rings (SSSR count). The number of aryl methyl sites for hydroxylation is 1. The van der Waals surface area contributed by atoms with Crippen LogP contribution in [-0.2, 0) is 52.9 Å². The van der Waals surface area contributed by atoms with Crippen LogP contribution < -0.4 is 31.2 Å². The number of fused-ring (bicyclic) bond motifs is 5. The van der Waals surface area contributed by atoms with Crippen molar-refractivity contribution in [2.75, 3.05) is 32.7 Å². The molecule has 86 heavy (non-hydrogen) atoms. The number of hydrogen-bond acceptors (Lipinski definition) is 22. The Hall–Kier alpha value is -6.47. The molecule has 3 aliphatic rings. The molecule has 3 aromatic heterocycles. The van der Waals surface area contributed by atoms with E-state index in [4.69, 9.17) is 52.2 Å². The number of hydrogen-bond donors (Lipinski definition) is 2. The van der Waals surface area contributed by atoms with E-state index >= 15 is 9.13 Å². The van der Waals surface area contributed by atoms with E-state index in [-0.39, 0.29) is 53.0 Å². The quantitative estimate of drug-likeness (QED) is 0.0260. The van der Waals surface area contributed by atoms with Crippen molar-refractivity contribution < 1.29 is 65.2 Å². The fourth-order valence-electron chi connectivity index (χ4n) is 9.91. The Morgan fingerprint density at radius 2 is 1.28 bits per heavy atom. The molecule has 0 radical (unpaired) electrons. The normalized spacial score (nSPS) is 24.1. The molecule has 456 valence electrons. The number of nitrogens with zero attached hydrogens (tertiary/aromatic N) is 5. The number of methoxy groups -OCH3 is 1. The number of nitrogen functional groups attached to an aromatic ring is 1. The molecule has 0 amide bonds. The highest BCUT2D eigenvalue weighted by Gasteiger charge is 2.53. The zero-order chi connectivity index (χ0) is 60.2. The second-order valence-electron chi connectivity index (χ2n) is 20.8. The van der Waals surface area contributed by atoms with Gasteiger partial charge in [-0.1, -0.05) is 93.8 Å². The average Bonchev–Trinajstić information content (AvgIpc) is 1.85. The van der Waals surface area contributed by atoms with Gasteiger partial charge in [0.05, 0.1) is 43.4 Å². The van der Waals surface area contributed by atoms with Gasteiger partial charge in [0.1, 0.15) is 53.5 Å². The first-order chi connectivity index (χ1) is 41.6. The number of nitrogens with one attached hydrogen (secondary N) is 1. The Labute approximate surface area is 503 Å². The second-order valence-corrected chi connectivity index (χ2v) is 28.8. The number of anilines is 1. The predicted molar refractivity (Wildman–Crippen MR) is 322 cm³/mol. The summed E-state index contributed by atoms with van der Waals surface area (Å²) in [5.41, 5.74) is 8.23. The Morgan fingerprint density at radius 1 is 0.686 bits per heavy atom. The van der Waals surface area contributed by atoms with Crippen molar-refractivity contribution >= 4 is 65.3 Å². The summed E-state index contributed by atoms with van der Waals surface area (Å²) < 4.78 is 95.8.